The number of anilines is 1. The maximum Gasteiger partial charge on any atom is 0.254 e. The predicted molar refractivity (Wildman–Crippen MR) is 120 cm³/mol. The van der Waals surface area contributed by atoms with Gasteiger partial charge in [-0.3, -0.25) is 4.79 Å². The third-order valence-corrected chi connectivity index (χ3v) is 7.42. The van der Waals surface area contributed by atoms with E-state index in [1.165, 1.54) is 17.6 Å². The van der Waals surface area contributed by atoms with Gasteiger partial charge in [0.1, 0.15) is 17.0 Å². The zero-order valence-corrected chi connectivity index (χ0v) is 19.1. The maximum atomic E-state index is 13.0. The van der Waals surface area contributed by atoms with Crippen LogP contribution in [-0.2, 0) is 9.84 Å². The fourth-order valence-corrected chi connectivity index (χ4v) is 5.50. The third kappa shape index (κ3) is 4.31. The number of rotatable bonds is 5. The SMILES string of the molecule is COc1cc(OC)cc(C(=O)N2CCN(c3nc4c(S(C)(=O)=O)cccc4s3)CC2)c1. The Morgan fingerprint density at radius 1 is 1.03 bits per heavy atom. The van der Waals surface area contributed by atoms with E-state index in [0.29, 0.717) is 48.8 Å². The monoisotopic (exact) mass is 461 g/mol. The highest BCUT2D eigenvalue weighted by atomic mass is 32.2. The van der Waals surface area contributed by atoms with Crippen molar-refractivity contribution < 1.29 is 22.7 Å². The predicted octanol–water partition coefficient (Wildman–Crippen LogP) is 2.68. The van der Waals surface area contributed by atoms with Crippen molar-refractivity contribution in [3.8, 4) is 11.5 Å². The number of ether oxygens (including phenoxy) is 2. The van der Waals surface area contributed by atoms with Gasteiger partial charge in [0, 0.05) is 44.1 Å². The van der Waals surface area contributed by atoms with Crippen LogP contribution < -0.4 is 14.4 Å². The topological polar surface area (TPSA) is 89.0 Å². The molecule has 0 radical (unpaired) electrons. The summed E-state index contributed by atoms with van der Waals surface area (Å²) in [5, 5.41) is 0.765. The highest BCUT2D eigenvalue weighted by Crippen LogP contribution is 2.33. The van der Waals surface area contributed by atoms with E-state index in [9.17, 15) is 13.2 Å². The number of carbonyl (C=O) groups is 1. The number of methoxy groups -OCH3 is 2. The Balaban J connectivity index is 1.51. The standard InChI is InChI=1S/C21H23N3O5S2/c1-28-15-11-14(12-16(13-15)29-2)20(25)23-7-9-24(10-8-23)21-22-19-17(30-21)5-4-6-18(19)31(3,26)27/h4-6,11-13H,7-10H2,1-3H3. The van der Waals surface area contributed by atoms with E-state index >= 15 is 0 Å². The molecule has 0 bridgehead atoms. The maximum absolute atomic E-state index is 13.0. The summed E-state index contributed by atoms with van der Waals surface area (Å²) in [6, 6.07) is 10.3. The van der Waals surface area contributed by atoms with E-state index in [1.54, 1.807) is 49.5 Å². The molecule has 3 aromatic rings. The van der Waals surface area contributed by atoms with Crippen molar-refractivity contribution in [3.05, 3.63) is 42.0 Å². The van der Waals surface area contributed by atoms with Gasteiger partial charge in [-0.25, -0.2) is 13.4 Å². The Hall–Kier alpha value is -2.85. The summed E-state index contributed by atoms with van der Waals surface area (Å²) in [7, 11) is -0.256. The molecule has 0 atom stereocenters. The largest absolute Gasteiger partial charge is 0.497 e. The molecule has 8 nitrogen and oxygen atoms in total. The average Bonchev–Trinajstić information content (AvgIpc) is 3.22. The van der Waals surface area contributed by atoms with Gasteiger partial charge in [0.2, 0.25) is 0 Å². The fourth-order valence-electron chi connectivity index (χ4n) is 3.56. The molecule has 164 valence electrons. The molecule has 4 rings (SSSR count). The van der Waals surface area contributed by atoms with Crippen LogP contribution in [0.5, 0.6) is 11.5 Å². The number of carbonyl (C=O) groups excluding carboxylic acids is 1. The number of thiazole rings is 1. The molecule has 0 N–H and O–H groups in total. The molecule has 0 saturated carbocycles. The lowest BCUT2D eigenvalue weighted by molar-refractivity contribution is 0.0746. The van der Waals surface area contributed by atoms with Crippen molar-refractivity contribution in [3.63, 3.8) is 0 Å². The van der Waals surface area contributed by atoms with Gasteiger partial charge in [0.15, 0.2) is 15.0 Å². The first-order chi connectivity index (χ1) is 14.8. The highest BCUT2D eigenvalue weighted by Gasteiger charge is 2.25. The van der Waals surface area contributed by atoms with Crippen LogP contribution in [0.25, 0.3) is 10.2 Å². The Morgan fingerprint density at radius 2 is 1.68 bits per heavy atom. The molecule has 1 aliphatic heterocycles. The molecule has 2 aromatic carbocycles. The number of hydrogen-bond donors (Lipinski definition) is 0. The molecular weight excluding hydrogens is 438 g/mol. The van der Waals surface area contributed by atoms with Gasteiger partial charge < -0.3 is 19.3 Å². The summed E-state index contributed by atoms with van der Waals surface area (Å²) in [4.78, 5) is 21.7. The number of amides is 1. The van der Waals surface area contributed by atoms with Crippen molar-refractivity contribution in [1.29, 1.82) is 0 Å². The third-order valence-electron chi connectivity index (χ3n) is 5.21. The molecule has 0 aliphatic carbocycles. The minimum atomic E-state index is -3.36. The molecule has 1 aromatic heterocycles. The van der Waals surface area contributed by atoms with Gasteiger partial charge in [0.05, 0.1) is 23.8 Å². The van der Waals surface area contributed by atoms with Gasteiger partial charge in [-0.2, -0.15) is 0 Å². The molecule has 1 aliphatic rings. The molecule has 1 saturated heterocycles. The highest BCUT2D eigenvalue weighted by molar-refractivity contribution is 7.91. The molecule has 10 heteroatoms. The van der Waals surface area contributed by atoms with Gasteiger partial charge in [-0.1, -0.05) is 17.4 Å². The van der Waals surface area contributed by atoms with Crippen LogP contribution in [-0.4, -0.2) is 70.9 Å². The van der Waals surface area contributed by atoms with E-state index in [0.717, 1.165) is 9.83 Å². The van der Waals surface area contributed by atoms with Crippen LogP contribution in [0.4, 0.5) is 5.13 Å². The normalized spacial score (nSPS) is 14.7. The van der Waals surface area contributed by atoms with Crippen LogP contribution in [0.15, 0.2) is 41.3 Å². The summed E-state index contributed by atoms with van der Waals surface area (Å²) in [5.41, 5.74) is 1.02. The van der Waals surface area contributed by atoms with E-state index in [4.69, 9.17) is 9.47 Å². The lowest BCUT2D eigenvalue weighted by Gasteiger charge is -2.34. The molecular formula is C21H23N3O5S2. The second-order valence-corrected chi connectivity index (χ2v) is 10.2. The molecule has 31 heavy (non-hydrogen) atoms. The second-order valence-electron chi connectivity index (χ2n) is 7.25. The number of sulfone groups is 1. The van der Waals surface area contributed by atoms with Crippen LogP contribution in [0.2, 0.25) is 0 Å². The summed E-state index contributed by atoms with van der Waals surface area (Å²) in [5.74, 6) is 1.05. The van der Waals surface area contributed by atoms with Crippen LogP contribution in [0, 0.1) is 0 Å². The van der Waals surface area contributed by atoms with Crippen molar-refractivity contribution in [1.82, 2.24) is 9.88 Å². The van der Waals surface area contributed by atoms with Gasteiger partial charge in [-0.05, 0) is 24.3 Å². The Kier molecular flexibility index (Phi) is 5.76. The van der Waals surface area contributed by atoms with Crippen molar-refractivity contribution in [2.75, 3.05) is 51.6 Å². The first-order valence-electron chi connectivity index (χ1n) is 9.67. The summed E-state index contributed by atoms with van der Waals surface area (Å²) in [6.07, 6.45) is 1.19. The minimum Gasteiger partial charge on any atom is -0.497 e. The number of fused-ring (bicyclic) bond motifs is 1. The number of aromatic nitrogens is 1. The number of para-hydroxylation sites is 1. The number of nitrogens with zero attached hydrogens (tertiary/aromatic N) is 3. The smallest absolute Gasteiger partial charge is 0.254 e. The van der Waals surface area contributed by atoms with Crippen molar-refractivity contribution in [2.24, 2.45) is 0 Å². The number of piperazine rings is 1. The molecule has 1 fully saturated rings. The van der Waals surface area contributed by atoms with Crippen LogP contribution in [0.3, 0.4) is 0 Å². The zero-order chi connectivity index (χ0) is 22.2. The molecule has 2 heterocycles. The van der Waals surface area contributed by atoms with Gasteiger partial charge in [0.25, 0.3) is 5.91 Å². The average molecular weight is 462 g/mol. The minimum absolute atomic E-state index is 0.0829. The number of benzene rings is 2. The number of hydrogen-bond acceptors (Lipinski definition) is 8. The van der Waals surface area contributed by atoms with Crippen LogP contribution in [0.1, 0.15) is 10.4 Å². The van der Waals surface area contributed by atoms with Gasteiger partial charge >= 0.3 is 0 Å². The zero-order valence-electron chi connectivity index (χ0n) is 17.5. The Labute approximate surface area is 184 Å². The Bertz CT molecular complexity index is 1210. The van der Waals surface area contributed by atoms with Gasteiger partial charge in [-0.15, -0.1) is 0 Å². The van der Waals surface area contributed by atoms with E-state index in [1.807, 2.05) is 6.07 Å². The summed E-state index contributed by atoms with van der Waals surface area (Å²) < 4.78 is 35.5. The fraction of sp³-hybridized carbons (Fsp3) is 0.333. The Morgan fingerprint density at radius 3 is 2.26 bits per heavy atom. The quantitative estimate of drug-likeness (QED) is 0.577. The van der Waals surface area contributed by atoms with Crippen LogP contribution >= 0.6 is 11.3 Å². The molecule has 0 unspecified atom stereocenters. The van der Waals surface area contributed by atoms with E-state index in [2.05, 4.69) is 9.88 Å². The molecule has 1 amide bonds. The lowest BCUT2D eigenvalue weighted by Crippen LogP contribution is -2.48. The summed E-state index contributed by atoms with van der Waals surface area (Å²) >= 11 is 1.46. The van der Waals surface area contributed by atoms with Crippen molar-refractivity contribution >= 4 is 42.4 Å². The van der Waals surface area contributed by atoms with Crippen molar-refractivity contribution in [2.45, 2.75) is 4.90 Å². The summed E-state index contributed by atoms with van der Waals surface area (Å²) in [6.45, 7) is 2.29. The second kappa shape index (κ2) is 8.35. The van der Waals surface area contributed by atoms with E-state index in [-0.39, 0.29) is 10.8 Å². The first kappa shape index (κ1) is 21.4. The van der Waals surface area contributed by atoms with E-state index < -0.39 is 9.84 Å². The molecule has 0 spiro atoms. The first-order valence-corrected chi connectivity index (χ1v) is 12.4. The lowest BCUT2D eigenvalue weighted by atomic mass is 10.1.